The van der Waals surface area contributed by atoms with Gasteiger partial charge >= 0.3 is 0 Å². The topological polar surface area (TPSA) is 37.8 Å². The number of aromatic nitrogens is 2. The van der Waals surface area contributed by atoms with Gasteiger partial charge in [0.25, 0.3) is 0 Å². The molecule has 0 radical (unpaired) electrons. The predicted molar refractivity (Wildman–Crippen MR) is 67.0 cm³/mol. The summed E-state index contributed by atoms with van der Waals surface area (Å²) >= 11 is 12.0. The standard InChI is InChI=1S/C11H9Cl2N3/c1-14-11-6-15-5-10(16-11)8-4-7(12)2-3-9(8)13/h2-6H,1H3,(H,14,16). The Morgan fingerprint density at radius 1 is 1.19 bits per heavy atom. The van der Waals surface area contributed by atoms with Gasteiger partial charge in [-0.25, -0.2) is 4.98 Å². The van der Waals surface area contributed by atoms with Gasteiger partial charge in [-0.3, -0.25) is 4.98 Å². The lowest BCUT2D eigenvalue weighted by atomic mass is 10.1. The summed E-state index contributed by atoms with van der Waals surface area (Å²) in [4.78, 5) is 8.42. The summed E-state index contributed by atoms with van der Waals surface area (Å²) in [5.74, 6) is 0.688. The number of rotatable bonds is 2. The molecule has 0 saturated heterocycles. The normalized spacial score (nSPS) is 10.2. The molecule has 0 amide bonds. The van der Waals surface area contributed by atoms with Gasteiger partial charge in [0, 0.05) is 17.6 Å². The zero-order valence-corrected chi connectivity index (χ0v) is 10.0. The van der Waals surface area contributed by atoms with Gasteiger partial charge in [-0.2, -0.15) is 0 Å². The van der Waals surface area contributed by atoms with E-state index in [4.69, 9.17) is 23.2 Å². The summed E-state index contributed by atoms with van der Waals surface area (Å²) in [5.41, 5.74) is 1.47. The SMILES string of the molecule is CNc1cncc(-c2cc(Cl)ccc2Cl)n1. The average molecular weight is 254 g/mol. The van der Waals surface area contributed by atoms with Crippen molar-refractivity contribution in [1.82, 2.24) is 9.97 Å². The maximum absolute atomic E-state index is 6.08. The molecule has 1 N–H and O–H groups in total. The van der Waals surface area contributed by atoms with E-state index in [-0.39, 0.29) is 0 Å². The second kappa shape index (κ2) is 4.68. The van der Waals surface area contributed by atoms with Gasteiger partial charge in [0.15, 0.2) is 0 Å². The third-order valence-electron chi connectivity index (χ3n) is 2.10. The molecule has 0 spiro atoms. The van der Waals surface area contributed by atoms with Crippen molar-refractivity contribution in [3.8, 4) is 11.3 Å². The second-order valence-electron chi connectivity index (χ2n) is 3.16. The van der Waals surface area contributed by atoms with Gasteiger partial charge < -0.3 is 5.32 Å². The molecule has 0 aliphatic rings. The molecule has 1 aromatic carbocycles. The number of hydrogen-bond acceptors (Lipinski definition) is 3. The molecule has 0 aliphatic heterocycles. The third-order valence-corrected chi connectivity index (χ3v) is 2.66. The summed E-state index contributed by atoms with van der Waals surface area (Å²) < 4.78 is 0. The van der Waals surface area contributed by atoms with E-state index < -0.39 is 0 Å². The van der Waals surface area contributed by atoms with Gasteiger partial charge in [-0.1, -0.05) is 23.2 Å². The van der Waals surface area contributed by atoms with E-state index in [2.05, 4.69) is 15.3 Å². The van der Waals surface area contributed by atoms with Crippen LogP contribution >= 0.6 is 23.2 Å². The monoisotopic (exact) mass is 253 g/mol. The van der Waals surface area contributed by atoms with Crippen LogP contribution in [-0.4, -0.2) is 17.0 Å². The lowest BCUT2D eigenvalue weighted by molar-refractivity contribution is 1.19. The molecule has 0 aliphatic carbocycles. The maximum Gasteiger partial charge on any atom is 0.144 e. The van der Waals surface area contributed by atoms with E-state index in [0.29, 0.717) is 21.6 Å². The highest BCUT2D eigenvalue weighted by atomic mass is 35.5. The van der Waals surface area contributed by atoms with E-state index in [0.717, 1.165) is 5.56 Å². The number of benzene rings is 1. The van der Waals surface area contributed by atoms with E-state index >= 15 is 0 Å². The molecule has 0 atom stereocenters. The van der Waals surface area contributed by atoms with Crippen LogP contribution < -0.4 is 5.32 Å². The Kier molecular flexibility index (Phi) is 3.27. The van der Waals surface area contributed by atoms with Crippen LogP contribution in [-0.2, 0) is 0 Å². The molecule has 1 aromatic heterocycles. The van der Waals surface area contributed by atoms with Crippen LogP contribution in [0.5, 0.6) is 0 Å². The Bertz CT molecular complexity index is 514. The minimum absolute atomic E-state index is 0.604. The minimum Gasteiger partial charge on any atom is -0.372 e. The first kappa shape index (κ1) is 11.2. The molecule has 2 rings (SSSR count). The van der Waals surface area contributed by atoms with Crippen LogP contribution in [0, 0.1) is 0 Å². The third kappa shape index (κ3) is 2.26. The highest BCUT2D eigenvalue weighted by molar-refractivity contribution is 6.35. The Hall–Kier alpha value is -1.32. The second-order valence-corrected chi connectivity index (χ2v) is 4.01. The van der Waals surface area contributed by atoms with Gasteiger partial charge in [0.1, 0.15) is 5.82 Å². The highest BCUT2D eigenvalue weighted by Crippen LogP contribution is 2.29. The molecule has 0 saturated carbocycles. The largest absolute Gasteiger partial charge is 0.372 e. The molecule has 0 unspecified atom stereocenters. The number of halogens is 2. The molecule has 0 fully saturated rings. The fourth-order valence-electron chi connectivity index (χ4n) is 1.31. The summed E-state index contributed by atoms with van der Waals surface area (Å²) in [7, 11) is 1.79. The van der Waals surface area contributed by atoms with Crippen molar-refractivity contribution in [3.05, 3.63) is 40.6 Å². The number of hydrogen-bond donors (Lipinski definition) is 1. The van der Waals surface area contributed by atoms with Gasteiger partial charge in [-0.15, -0.1) is 0 Å². The quantitative estimate of drug-likeness (QED) is 0.891. The summed E-state index contributed by atoms with van der Waals surface area (Å²) in [6, 6.07) is 5.25. The fourth-order valence-corrected chi connectivity index (χ4v) is 1.70. The van der Waals surface area contributed by atoms with Crippen LogP contribution in [0.3, 0.4) is 0 Å². The molecule has 1 heterocycles. The lowest BCUT2D eigenvalue weighted by Crippen LogP contribution is -1.95. The first-order valence-corrected chi connectivity index (χ1v) is 5.41. The van der Waals surface area contributed by atoms with Crippen molar-refractivity contribution in [2.45, 2.75) is 0 Å². The van der Waals surface area contributed by atoms with Crippen LogP contribution in [0.25, 0.3) is 11.3 Å². The van der Waals surface area contributed by atoms with Crippen LogP contribution in [0.2, 0.25) is 10.0 Å². The van der Waals surface area contributed by atoms with Crippen molar-refractivity contribution in [1.29, 1.82) is 0 Å². The average Bonchev–Trinajstić information content (AvgIpc) is 2.32. The number of nitrogens with one attached hydrogen (secondary N) is 1. The maximum atomic E-state index is 6.08. The van der Waals surface area contributed by atoms with E-state index in [1.807, 2.05) is 0 Å². The molecule has 2 aromatic rings. The van der Waals surface area contributed by atoms with Crippen molar-refractivity contribution >= 4 is 29.0 Å². The molecule has 16 heavy (non-hydrogen) atoms. The zero-order valence-electron chi connectivity index (χ0n) is 8.54. The van der Waals surface area contributed by atoms with E-state index in [1.54, 1.807) is 37.6 Å². The molecule has 3 nitrogen and oxygen atoms in total. The Morgan fingerprint density at radius 2 is 2.00 bits per heavy atom. The van der Waals surface area contributed by atoms with E-state index in [1.165, 1.54) is 0 Å². The van der Waals surface area contributed by atoms with E-state index in [9.17, 15) is 0 Å². The number of nitrogens with zero attached hydrogens (tertiary/aromatic N) is 2. The van der Waals surface area contributed by atoms with Gasteiger partial charge in [0.2, 0.25) is 0 Å². The number of anilines is 1. The minimum atomic E-state index is 0.604. The van der Waals surface area contributed by atoms with Crippen LogP contribution in [0.1, 0.15) is 0 Å². The first-order chi connectivity index (χ1) is 7.70. The van der Waals surface area contributed by atoms with Crippen molar-refractivity contribution in [2.75, 3.05) is 12.4 Å². The molecule has 0 bridgehead atoms. The summed E-state index contributed by atoms with van der Waals surface area (Å²) in [5, 5.41) is 4.15. The van der Waals surface area contributed by atoms with Crippen molar-refractivity contribution < 1.29 is 0 Å². The zero-order chi connectivity index (χ0) is 11.5. The van der Waals surface area contributed by atoms with Crippen molar-refractivity contribution in [2.24, 2.45) is 0 Å². The fraction of sp³-hybridized carbons (Fsp3) is 0.0909. The highest BCUT2D eigenvalue weighted by Gasteiger charge is 2.06. The smallest absolute Gasteiger partial charge is 0.144 e. The first-order valence-electron chi connectivity index (χ1n) is 4.66. The molecular formula is C11H9Cl2N3. The summed E-state index contributed by atoms with van der Waals surface area (Å²) in [6.45, 7) is 0. The Labute approximate surface area is 103 Å². The predicted octanol–water partition coefficient (Wildman–Crippen LogP) is 3.49. The van der Waals surface area contributed by atoms with Crippen LogP contribution in [0.4, 0.5) is 5.82 Å². The molecule has 5 heteroatoms. The van der Waals surface area contributed by atoms with Gasteiger partial charge in [-0.05, 0) is 18.2 Å². The van der Waals surface area contributed by atoms with Crippen molar-refractivity contribution in [3.63, 3.8) is 0 Å². The Balaban J connectivity index is 2.53. The lowest BCUT2D eigenvalue weighted by Gasteiger charge is -2.05. The van der Waals surface area contributed by atoms with Crippen LogP contribution in [0.15, 0.2) is 30.6 Å². The molecular weight excluding hydrogens is 245 g/mol. The Morgan fingerprint density at radius 3 is 2.75 bits per heavy atom. The van der Waals surface area contributed by atoms with Gasteiger partial charge in [0.05, 0.1) is 23.1 Å². The molecule has 82 valence electrons. The summed E-state index contributed by atoms with van der Waals surface area (Å²) in [6.07, 6.45) is 3.29.